The molecule has 3 N–H and O–H groups in total. The molecule has 3 fully saturated rings. The van der Waals surface area contributed by atoms with Crippen molar-refractivity contribution in [1.82, 2.24) is 45.6 Å². The molecule has 0 spiro atoms. The fraction of sp³-hybridized carbons (Fsp3) is 0.571. The molecular weight excluding hydrogens is 629 g/mol. The molecule has 41 heavy (non-hydrogen) atoms. The Hall–Kier alpha value is -1.86. The number of aromatic nitrogens is 5. The summed E-state index contributed by atoms with van der Waals surface area (Å²) in [7, 11) is 2.16. The zero-order valence-electron chi connectivity index (χ0n) is 23.2. The van der Waals surface area contributed by atoms with Crippen LogP contribution in [0, 0.1) is 11.8 Å². The number of nitrogens with one attached hydrogen (secondary N) is 3. The summed E-state index contributed by atoms with van der Waals surface area (Å²) in [6.07, 6.45) is 8.50. The largest absolute Gasteiger partial charge is 0.312 e. The van der Waals surface area contributed by atoms with E-state index in [1.807, 2.05) is 10.6 Å². The molecule has 5 heterocycles. The minimum atomic E-state index is -0.106. The van der Waals surface area contributed by atoms with Crippen molar-refractivity contribution in [2.24, 2.45) is 11.8 Å². The minimum Gasteiger partial charge on any atom is -0.312 e. The van der Waals surface area contributed by atoms with Gasteiger partial charge in [-0.05, 0) is 84.7 Å². The summed E-state index contributed by atoms with van der Waals surface area (Å²) < 4.78 is 3.79. The molecule has 3 aromatic rings. The van der Waals surface area contributed by atoms with E-state index in [0.717, 1.165) is 51.7 Å². The molecule has 2 aromatic heterocycles. The smallest absolute Gasteiger partial charge is 0.268 e. The molecule has 6 atom stereocenters. The molecule has 2 bridgehead atoms. The van der Waals surface area contributed by atoms with Crippen LogP contribution in [-0.2, 0) is 0 Å². The molecule has 3 saturated heterocycles. The van der Waals surface area contributed by atoms with Gasteiger partial charge in [0.25, 0.3) is 5.56 Å². The normalized spacial score (nSPS) is 29.5. The second kappa shape index (κ2) is 12.4. The number of nitrogens with zero attached hydrogens (tertiary/aromatic N) is 6. The van der Waals surface area contributed by atoms with E-state index in [1.54, 1.807) is 29.3 Å². The van der Waals surface area contributed by atoms with Crippen LogP contribution in [-0.4, -0.2) is 74.4 Å². The molecule has 3 aliphatic heterocycles. The third-order valence-corrected chi connectivity index (χ3v) is 10.1. The van der Waals surface area contributed by atoms with Crippen LogP contribution < -0.4 is 21.6 Å². The number of piperidine rings is 1. The monoisotopic (exact) mass is 663 g/mol. The van der Waals surface area contributed by atoms with Crippen LogP contribution >= 0.6 is 39.1 Å². The van der Waals surface area contributed by atoms with E-state index in [0.29, 0.717) is 50.4 Å². The Kier molecular flexibility index (Phi) is 8.84. The summed E-state index contributed by atoms with van der Waals surface area (Å²) in [5.41, 5.74) is 5.29. The van der Waals surface area contributed by atoms with E-state index in [1.165, 1.54) is 0 Å². The van der Waals surface area contributed by atoms with E-state index in [2.05, 4.69) is 61.3 Å². The molecule has 4 unspecified atom stereocenters. The number of likely N-dealkylation sites (N-methyl/N-ethyl adjacent to an activating group) is 1. The Morgan fingerprint density at radius 2 is 1.95 bits per heavy atom. The number of hydrogen-bond acceptors (Lipinski definition) is 8. The molecule has 13 heteroatoms. The van der Waals surface area contributed by atoms with Gasteiger partial charge in [0.05, 0.1) is 29.9 Å². The van der Waals surface area contributed by atoms with Crippen molar-refractivity contribution < 1.29 is 0 Å². The molecule has 0 amide bonds. The summed E-state index contributed by atoms with van der Waals surface area (Å²) in [5, 5.41) is 18.7. The summed E-state index contributed by atoms with van der Waals surface area (Å²) in [5.74, 6) is 1.08. The van der Waals surface area contributed by atoms with Gasteiger partial charge in [-0.1, -0.05) is 41.8 Å². The van der Waals surface area contributed by atoms with Gasteiger partial charge in [-0.25, -0.2) is 14.7 Å². The second-order valence-electron chi connectivity index (χ2n) is 11.7. The van der Waals surface area contributed by atoms with Gasteiger partial charge < -0.3 is 10.6 Å². The molecule has 0 radical (unpaired) electrons. The van der Waals surface area contributed by atoms with Crippen molar-refractivity contribution in [2.75, 3.05) is 26.7 Å². The van der Waals surface area contributed by atoms with Crippen LogP contribution in [0.15, 0.2) is 40.0 Å². The van der Waals surface area contributed by atoms with Crippen LogP contribution in [0.1, 0.15) is 45.1 Å². The fourth-order valence-corrected chi connectivity index (χ4v) is 7.77. The van der Waals surface area contributed by atoms with E-state index in [4.69, 9.17) is 28.2 Å². The number of hydrogen-bond donors (Lipinski definition) is 3. The third-order valence-electron chi connectivity index (χ3n) is 9.00. The zero-order chi connectivity index (χ0) is 28.7. The first-order valence-electron chi connectivity index (χ1n) is 14.4. The van der Waals surface area contributed by atoms with Crippen molar-refractivity contribution >= 4 is 39.1 Å². The molecule has 220 valence electrons. The number of halogens is 3. The van der Waals surface area contributed by atoms with Gasteiger partial charge in [-0.3, -0.25) is 14.8 Å². The standard InChI is InChI=1S/C28H36BrCl2N9O/c1-16-4-3-5-23(20-10-17(8-9-32-20)27-21(33-12-16)13-35-38(27)2)39-15-34-26(25(29)28(39)41)19-11-18(30)6-7-22(19)40-14-24(31)36-37-40/h6-7,11,14-17,20-21,23,27,32-33,35H,3-5,8-10,12-13H2,1-2H3/t16-,17?,20?,21?,23+,27?/m1/s1. The summed E-state index contributed by atoms with van der Waals surface area (Å²) in [6, 6.07) is 6.38. The van der Waals surface area contributed by atoms with Crippen LogP contribution in [0.5, 0.6) is 0 Å². The topological polar surface area (TPSA) is 105 Å². The van der Waals surface area contributed by atoms with Crippen molar-refractivity contribution in [3.8, 4) is 16.9 Å². The van der Waals surface area contributed by atoms with E-state index in [-0.39, 0.29) is 22.8 Å². The third kappa shape index (κ3) is 6.00. The van der Waals surface area contributed by atoms with Gasteiger partial charge in [-0.15, -0.1) is 5.10 Å². The lowest BCUT2D eigenvalue weighted by atomic mass is 9.80. The first kappa shape index (κ1) is 29.2. The predicted octanol–water partition coefficient (Wildman–Crippen LogP) is 4.07. The van der Waals surface area contributed by atoms with Gasteiger partial charge >= 0.3 is 0 Å². The first-order chi connectivity index (χ1) is 19.8. The van der Waals surface area contributed by atoms with Crippen LogP contribution in [0.3, 0.4) is 0 Å². The number of hydrazine groups is 1. The maximum absolute atomic E-state index is 14.1. The number of rotatable bonds is 3. The van der Waals surface area contributed by atoms with E-state index in [9.17, 15) is 4.79 Å². The van der Waals surface area contributed by atoms with Crippen molar-refractivity contribution in [3.05, 3.63) is 55.7 Å². The Balaban J connectivity index is 1.36. The highest BCUT2D eigenvalue weighted by Crippen LogP contribution is 2.35. The number of benzene rings is 1. The van der Waals surface area contributed by atoms with Gasteiger partial charge in [0, 0.05) is 42.3 Å². The summed E-state index contributed by atoms with van der Waals surface area (Å²) in [6.45, 7) is 5.22. The minimum absolute atomic E-state index is 0.00573. The number of fused-ring (bicyclic) bond motifs is 4. The highest BCUT2D eigenvalue weighted by atomic mass is 79.9. The molecule has 10 nitrogen and oxygen atoms in total. The molecule has 6 rings (SSSR count). The molecular formula is C28H36BrCl2N9O. The van der Waals surface area contributed by atoms with Crippen molar-refractivity contribution in [1.29, 1.82) is 0 Å². The Bertz CT molecular complexity index is 1450. The van der Waals surface area contributed by atoms with Crippen LogP contribution in [0.4, 0.5) is 0 Å². The highest BCUT2D eigenvalue weighted by Gasteiger charge is 2.41. The summed E-state index contributed by atoms with van der Waals surface area (Å²) in [4.78, 5) is 18.9. The quantitative estimate of drug-likeness (QED) is 0.385. The predicted molar refractivity (Wildman–Crippen MR) is 164 cm³/mol. The lowest BCUT2D eigenvalue weighted by molar-refractivity contribution is 0.108. The van der Waals surface area contributed by atoms with Crippen LogP contribution in [0.25, 0.3) is 16.9 Å². The van der Waals surface area contributed by atoms with Gasteiger partial charge in [-0.2, -0.15) is 0 Å². The van der Waals surface area contributed by atoms with Crippen LogP contribution in [0.2, 0.25) is 10.2 Å². The SMILES string of the molecule is C[C@@H]1CCC[C@H](n2cnc(-c3cc(Cl)ccc3-n3cc(Cl)nn3)c(Br)c2=O)C2CC(CCN2)C2C(CNN2C)NC1. The Morgan fingerprint density at radius 1 is 1.10 bits per heavy atom. The molecule has 3 aliphatic rings. The average molecular weight is 665 g/mol. The lowest BCUT2D eigenvalue weighted by Crippen LogP contribution is -2.54. The average Bonchev–Trinajstić information content (AvgIpc) is 3.56. The van der Waals surface area contributed by atoms with Crippen molar-refractivity contribution in [3.63, 3.8) is 0 Å². The van der Waals surface area contributed by atoms with Gasteiger partial charge in [0.2, 0.25) is 0 Å². The van der Waals surface area contributed by atoms with Gasteiger partial charge in [0.15, 0.2) is 5.15 Å². The lowest BCUT2D eigenvalue weighted by Gasteiger charge is -2.42. The van der Waals surface area contributed by atoms with Crippen molar-refractivity contribution in [2.45, 2.75) is 63.2 Å². The Labute approximate surface area is 258 Å². The van der Waals surface area contributed by atoms with E-state index >= 15 is 0 Å². The summed E-state index contributed by atoms with van der Waals surface area (Å²) >= 11 is 16.1. The molecule has 0 saturated carbocycles. The fourth-order valence-electron chi connectivity index (χ4n) is 6.95. The molecule has 1 aromatic carbocycles. The molecule has 0 aliphatic carbocycles. The second-order valence-corrected chi connectivity index (χ2v) is 13.3. The van der Waals surface area contributed by atoms with Gasteiger partial charge in [0.1, 0.15) is 4.47 Å². The first-order valence-corrected chi connectivity index (χ1v) is 15.9. The maximum Gasteiger partial charge on any atom is 0.268 e. The van der Waals surface area contributed by atoms with E-state index < -0.39 is 0 Å². The Morgan fingerprint density at radius 3 is 2.76 bits per heavy atom. The zero-order valence-corrected chi connectivity index (χ0v) is 26.3. The highest BCUT2D eigenvalue weighted by molar-refractivity contribution is 9.10. The maximum atomic E-state index is 14.1.